The van der Waals surface area contributed by atoms with E-state index in [9.17, 15) is 9.59 Å². The van der Waals surface area contributed by atoms with Crippen LogP contribution >= 0.6 is 0 Å². The van der Waals surface area contributed by atoms with Crippen molar-refractivity contribution < 1.29 is 14.7 Å². The maximum Gasteiger partial charge on any atom is 0.320 e. The van der Waals surface area contributed by atoms with Crippen LogP contribution in [0.1, 0.15) is 32.6 Å². The maximum atomic E-state index is 12.5. The first kappa shape index (κ1) is 12.8. The average molecular weight is 266 g/mol. The van der Waals surface area contributed by atoms with Crippen LogP contribution in [0.4, 0.5) is 4.79 Å². The fourth-order valence-electron chi connectivity index (χ4n) is 4.11. The SMILES string of the molecule is CC1C(C(=O)O)CCN1C(=O)N1CC2CCCC2C1. The molecule has 5 nitrogen and oxygen atoms in total. The number of hydrogen-bond acceptors (Lipinski definition) is 2. The van der Waals surface area contributed by atoms with Gasteiger partial charge in [0.2, 0.25) is 0 Å². The molecule has 0 spiro atoms. The quantitative estimate of drug-likeness (QED) is 0.784. The highest BCUT2D eigenvalue weighted by Crippen LogP contribution is 2.38. The molecule has 2 amide bonds. The van der Waals surface area contributed by atoms with E-state index in [0.29, 0.717) is 24.8 Å². The second-order valence-corrected chi connectivity index (χ2v) is 6.31. The second-order valence-electron chi connectivity index (χ2n) is 6.31. The molecule has 3 aliphatic rings. The predicted octanol–water partition coefficient (Wildman–Crippen LogP) is 1.63. The van der Waals surface area contributed by atoms with Gasteiger partial charge in [-0.2, -0.15) is 0 Å². The number of aliphatic carboxylic acids is 1. The molecule has 1 aliphatic carbocycles. The van der Waals surface area contributed by atoms with E-state index in [0.717, 1.165) is 13.1 Å². The van der Waals surface area contributed by atoms with Gasteiger partial charge >= 0.3 is 12.0 Å². The third kappa shape index (κ3) is 2.09. The van der Waals surface area contributed by atoms with E-state index in [2.05, 4.69) is 0 Å². The van der Waals surface area contributed by atoms with Crippen molar-refractivity contribution in [3.05, 3.63) is 0 Å². The van der Waals surface area contributed by atoms with Gasteiger partial charge in [-0.05, 0) is 38.0 Å². The van der Waals surface area contributed by atoms with Crippen LogP contribution in [0, 0.1) is 17.8 Å². The third-order valence-electron chi connectivity index (χ3n) is 5.31. The molecule has 4 unspecified atom stereocenters. The van der Waals surface area contributed by atoms with Gasteiger partial charge in [-0.1, -0.05) is 6.42 Å². The van der Waals surface area contributed by atoms with Crippen LogP contribution in [0.3, 0.4) is 0 Å². The van der Waals surface area contributed by atoms with Crippen molar-refractivity contribution in [3.63, 3.8) is 0 Å². The number of hydrogen-bond donors (Lipinski definition) is 1. The van der Waals surface area contributed by atoms with Crippen LogP contribution in [0.5, 0.6) is 0 Å². The molecule has 1 N–H and O–H groups in total. The zero-order chi connectivity index (χ0) is 13.6. The summed E-state index contributed by atoms with van der Waals surface area (Å²) in [6.45, 7) is 4.21. The Hall–Kier alpha value is -1.26. The van der Waals surface area contributed by atoms with Gasteiger partial charge in [-0.3, -0.25) is 4.79 Å². The summed E-state index contributed by atoms with van der Waals surface area (Å²) in [5.74, 6) is 0.210. The number of nitrogens with zero attached hydrogens (tertiary/aromatic N) is 2. The highest BCUT2D eigenvalue weighted by Gasteiger charge is 2.43. The summed E-state index contributed by atoms with van der Waals surface area (Å²) in [5, 5.41) is 9.13. The Labute approximate surface area is 113 Å². The van der Waals surface area contributed by atoms with Crippen molar-refractivity contribution in [3.8, 4) is 0 Å². The molecule has 3 rings (SSSR count). The minimum atomic E-state index is -0.777. The third-order valence-corrected chi connectivity index (χ3v) is 5.31. The maximum absolute atomic E-state index is 12.5. The molecule has 4 atom stereocenters. The summed E-state index contributed by atoms with van der Waals surface area (Å²) in [5.41, 5.74) is 0. The van der Waals surface area contributed by atoms with Gasteiger partial charge in [-0.15, -0.1) is 0 Å². The first-order chi connectivity index (χ1) is 9.08. The standard InChI is InChI=1S/C14H22N2O3/c1-9-12(13(17)18)5-6-16(9)14(19)15-7-10-3-2-4-11(10)8-15/h9-12H,2-8H2,1H3,(H,17,18). The van der Waals surface area contributed by atoms with E-state index < -0.39 is 11.9 Å². The fraction of sp³-hybridized carbons (Fsp3) is 0.857. The summed E-state index contributed by atoms with van der Waals surface area (Å²) in [4.78, 5) is 27.3. The summed E-state index contributed by atoms with van der Waals surface area (Å²) in [6, 6.07) is -0.115. The number of carbonyl (C=O) groups is 2. The van der Waals surface area contributed by atoms with Crippen LogP contribution in [0.2, 0.25) is 0 Å². The number of likely N-dealkylation sites (tertiary alicyclic amines) is 2. The van der Waals surface area contributed by atoms with Crippen molar-refractivity contribution in [2.75, 3.05) is 19.6 Å². The van der Waals surface area contributed by atoms with Gasteiger partial charge in [-0.25, -0.2) is 4.79 Å². The fourth-order valence-corrected chi connectivity index (χ4v) is 4.11. The Morgan fingerprint density at radius 3 is 2.26 bits per heavy atom. The Bertz CT molecular complexity index is 386. The van der Waals surface area contributed by atoms with Gasteiger partial charge in [0, 0.05) is 25.7 Å². The van der Waals surface area contributed by atoms with Gasteiger partial charge in [0.05, 0.1) is 5.92 Å². The second kappa shape index (κ2) is 4.69. The van der Waals surface area contributed by atoms with Crippen LogP contribution < -0.4 is 0 Å². The molecule has 0 aromatic rings. The minimum absolute atomic E-state index is 0.0608. The number of carboxylic acid groups (broad SMARTS) is 1. The minimum Gasteiger partial charge on any atom is -0.481 e. The Balaban J connectivity index is 1.64. The predicted molar refractivity (Wildman–Crippen MR) is 69.7 cm³/mol. The molecule has 2 aliphatic heterocycles. The molecule has 2 heterocycles. The first-order valence-electron chi connectivity index (χ1n) is 7.36. The van der Waals surface area contributed by atoms with Crippen molar-refractivity contribution in [1.82, 2.24) is 9.80 Å². The topological polar surface area (TPSA) is 60.9 Å². The van der Waals surface area contributed by atoms with E-state index in [-0.39, 0.29) is 12.1 Å². The van der Waals surface area contributed by atoms with E-state index >= 15 is 0 Å². The lowest BCUT2D eigenvalue weighted by atomic mass is 10.0. The molecule has 0 aromatic carbocycles. The number of rotatable bonds is 1. The number of fused-ring (bicyclic) bond motifs is 1. The molecule has 0 bridgehead atoms. The van der Waals surface area contributed by atoms with E-state index in [4.69, 9.17) is 5.11 Å². The lowest BCUT2D eigenvalue weighted by molar-refractivity contribution is -0.142. The summed E-state index contributed by atoms with van der Waals surface area (Å²) >= 11 is 0. The Kier molecular flexibility index (Phi) is 3.15. The molecule has 106 valence electrons. The molecule has 3 fully saturated rings. The zero-order valence-electron chi connectivity index (χ0n) is 11.4. The first-order valence-corrected chi connectivity index (χ1v) is 7.36. The lowest BCUT2D eigenvalue weighted by Crippen LogP contribution is -2.45. The Morgan fingerprint density at radius 2 is 1.74 bits per heavy atom. The molecule has 0 aromatic heterocycles. The number of amides is 2. The number of carbonyl (C=O) groups excluding carboxylic acids is 1. The molecule has 19 heavy (non-hydrogen) atoms. The molecular formula is C14H22N2O3. The van der Waals surface area contributed by atoms with Gasteiger partial charge in [0.25, 0.3) is 0 Å². The summed E-state index contributed by atoms with van der Waals surface area (Å²) in [6.07, 6.45) is 4.39. The van der Waals surface area contributed by atoms with Crippen molar-refractivity contribution in [2.24, 2.45) is 17.8 Å². The van der Waals surface area contributed by atoms with Gasteiger partial charge < -0.3 is 14.9 Å². The van der Waals surface area contributed by atoms with Crippen LogP contribution in [-0.4, -0.2) is 52.6 Å². The van der Waals surface area contributed by atoms with Crippen LogP contribution in [0.15, 0.2) is 0 Å². The van der Waals surface area contributed by atoms with Crippen molar-refractivity contribution >= 4 is 12.0 Å². The van der Waals surface area contributed by atoms with E-state index in [1.807, 2.05) is 11.8 Å². The molecule has 1 saturated carbocycles. The summed E-state index contributed by atoms with van der Waals surface area (Å²) in [7, 11) is 0. The Morgan fingerprint density at radius 1 is 1.11 bits per heavy atom. The normalized spacial score (nSPS) is 37.7. The zero-order valence-corrected chi connectivity index (χ0v) is 11.4. The largest absolute Gasteiger partial charge is 0.481 e. The van der Waals surface area contributed by atoms with Crippen LogP contribution in [0.25, 0.3) is 0 Å². The lowest BCUT2D eigenvalue weighted by Gasteiger charge is -2.29. The van der Waals surface area contributed by atoms with Gasteiger partial charge in [0.15, 0.2) is 0 Å². The number of carboxylic acids is 1. The van der Waals surface area contributed by atoms with Crippen molar-refractivity contribution in [1.29, 1.82) is 0 Å². The molecule has 2 saturated heterocycles. The number of urea groups is 1. The van der Waals surface area contributed by atoms with Gasteiger partial charge in [0.1, 0.15) is 0 Å². The monoisotopic (exact) mass is 266 g/mol. The molecule has 5 heteroatoms. The summed E-state index contributed by atoms with van der Waals surface area (Å²) < 4.78 is 0. The van der Waals surface area contributed by atoms with E-state index in [1.165, 1.54) is 19.3 Å². The molecule has 0 radical (unpaired) electrons. The van der Waals surface area contributed by atoms with Crippen molar-refractivity contribution in [2.45, 2.75) is 38.6 Å². The highest BCUT2D eigenvalue weighted by molar-refractivity contribution is 5.78. The average Bonchev–Trinajstić information content (AvgIpc) is 3.00. The van der Waals surface area contributed by atoms with E-state index in [1.54, 1.807) is 4.90 Å². The smallest absolute Gasteiger partial charge is 0.320 e. The van der Waals surface area contributed by atoms with Crippen LogP contribution in [-0.2, 0) is 4.79 Å². The highest BCUT2D eigenvalue weighted by atomic mass is 16.4. The molecular weight excluding hydrogens is 244 g/mol.